The fraction of sp³-hybridized carbons (Fsp3) is 0.261. The molecule has 27 heavy (non-hydrogen) atoms. The fourth-order valence-electron chi connectivity index (χ4n) is 2.95. The third-order valence-electron chi connectivity index (χ3n) is 4.74. The van der Waals surface area contributed by atoms with Crippen LogP contribution >= 0.6 is 11.3 Å². The molecule has 3 rings (SSSR count). The Labute approximate surface area is 165 Å². The molecular formula is C23H25NO2S. The molecule has 0 fully saturated rings. The quantitative estimate of drug-likeness (QED) is 0.561. The minimum Gasteiger partial charge on any atom is -0.489 e. The van der Waals surface area contributed by atoms with Crippen LogP contribution in [0.25, 0.3) is 0 Å². The SMILES string of the molecule is CCC(NC(=O)c1cc(COc2cccc(C)c2C)cs1)c1ccccc1. The Kier molecular flexibility index (Phi) is 6.30. The summed E-state index contributed by atoms with van der Waals surface area (Å²) >= 11 is 1.46. The monoisotopic (exact) mass is 379 g/mol. The number of rotatable bonds is 7. The van der Waals surface area contributed by atoms with Crippen molar-refractivity contribution in [3.05, 3.63) is 87.1 Å². The highest BCUT2D eigenvalue weighted by molar-refractivity contribution is 7.12. The molecule has 140 valence electrons. The van der Waals surface area contributed by atoms with Crippen LogP contribution in [0.1, 0.15) is 51.3 Å². The summed E-state index contributed by atoms with van der Waals surface area (Å²) in [6.45, 7) is 6.68. The number of hydrogen-bond acceptors (Lipinski definition) is 3. The van der Waals surface area contributed by atoms with Gasteiger partial charge in [0.25, 0.3) is 5.91 Å². The Bertz CT molecular complexity index is 902. The van der Waals surface area contributed by atoms with E-state index >= 15 is 0 Å². The number of carbonyl (C=O) groups excluding carboxylic acids is 1. The zero-order chi connectivity index (χ0) is 19.2. The summed E-state index contributed by atoms with van der Waals surface area (Å²) in [6, 6.07) is 18.1. The van der Waals surface area contributed by atoms with Gasteiger partial charge in [-0.2, -0.15) is 0 Å². The van der Waals surface area contributed by atoms with Gasteiger partial charge in [-0.25, -0.2) is 0 Å². The Hall–Kier alpha value is -2.59. The molecule has 3 nitrogen and oxygen atoms in total. The van der Waals surface area contributed by atoms with Crippen molar-refractivity contribution in [2.24, 2.45) is 0 Å². The highest BCUT2D eigenvalue weighted by Gasteiger charge is 2.15. The predicted octanol–water partition coefficient (Wildman–Crippen LogP) is 5.83. The van der Waals surface area contributed by atoms with Crippen molar-refractivity contribution in [1.82, 2.24) is 5.32 Å². The van der Waals surface area contributed by atoms with E-state index in [1.807, 2.05) is 53.9 Å². The molecule has 0 radical (unpaired) electrons. The standard InChI is InChI=1S/C23H25NO2S/c1-4-20(19-10-6-5-7-11-19)24-23(25)22-13-18(15-27-22)14-26-21-12-8-9-16(2)17(21)3/h5-13,15,20H,4,14H2,1-3H3,(H,24,25). The molecule has 1 aromatic heterocycles. The van der Waals surface area contributed by atoms with Gasteiger partial charge >= 0.3 is 0 Å². The van der Waals surface area contributed by atoms with Crippen molar-refractivity contribution in [2.75, 3.05) is 0 Å². The summed E-state index contributed by atoms with van der Waals surface area (Å²) in [5.41, 5.74) is 4.51. The van der Waals surface area contributed by atoms with Crippen LogP contribution in [0.4, 0.5) is 0 Å². The molecule has 0 aliphatic rings. The lowest BCUT2D eigenvalue weighted by Gasteiger charge is -2.16. The third kappa shape index (κ3) is 4.77. The van der Waals surface area contributed by atoms with Gasteiger partial charge in [0.2, 0.25) is 0 Å². The molecule has 1 N–H and O–H groups in total. The van der Waals surface area contributed by atoms with Gasteiger partial charge in [0.15, 0.2) is 0 Å². The Balaban J connectivity index is 1.63. The molecule has 1 atom stereocenters. The number of amides is 1. The smallest absolute Gasteiger partial charge is 0.261 e. The molecule has 4 heteroatoms. The largest absolute Gasteiger partial charge is 0.489 e. The summed E-state index contributed by atoms with van der Waals surface area (Å²) in [7, 11) is 0. The van der Waals surface area contributed by atoms with Crippen LogP contribution in [0.2, 0.25) is 0 Å². The third-order valence-corrected chi connectivity index (χ3v) is 5.72. The number of aryl methyl sites for hydroxylation is 1. The molecule has 2 aromatic carbocycles. The first-order valence-electron chi connectivity index (χ1n) is 9.20. The highest BCUT2D eigenvalue weighted by Crippen LogP contribution is 2.24. The lowest BCUT2D eigenvalue weighted by Crippen LogP contribution is -2.27. The van der Waals surface area contributed by atoms with E-state index in [1.165, 1.54) is 16.9 Å². The maximum absolute atomic E-state index is 12.6. The lowest BCUT2D eigenvalue weighted by molar-refractivity contribution is 0.0939. The Morgan fingerprint density at radius 2 is 1.89 bits per heavy atom. The van der Waals surface area contributed by atoms with Crippen LogP contribution in [0, 0.1) is 13.8 Å². The van der Waals surface area contributed by atoms with Gasteiger partial charge in [0.05, 0.1) is 10.9 Å². The maximum atomic E-state index is 12.6. The first-order chi connectivity index (χ1) is 13.1. The molecule has 0 bridgehead atoms. The average molecular weight is 380 g/mol. The van der Waals surface area contributed by atoms with E-state index in [-0.39, 0.29) is 11.9 Å². The predicted molar refractivity (Wildman–Crippen MR) is 112 cm³/mol. The van der Waals surface area contributed by atoms with Gasteiger partial charge < -0.3 is 10.1 Å². The normalized spacial score (nSPS) is 11.8. The van der Waals surface area contributed by atoms with Gasteiger partial charge in [-0.1, -0.05) is 49.4 Å². The van der Waals surface area contributed by atoms with E-state index in [0.29, 0.717) is 11.5 Å². The van der Waals surface area contributed by atoms with Gasteiger partial charge in [-0.05, 0) is 54.5 Å². The zero-order valence-corrected chi connectivity index (χ0v) is 16.8. The van der Waals surface area contributed by atoms with Crippen molar-refractivity contribution in [3.63, 3.8) is 0 Å². The van der Waals surface area contributed by atoms with E-state index in [4.69, 9.17) is 4.74 Å². The molecule has 0 saturated heterocycles. The summed E-state index contributed by atoms with van der Waals surface area (Å²) in [5.74, 6) is 0.857. The van der Waals surface area contributed by atoms with Crippen LogP contribution in [0.15, 0.2) is 60.0 Å². The molecule has 1 heterocycles. The summed E-state index contributed by atoms with van der Waals surface area (Å²) < 4.78 is 5.94. The topological polar surface area (TPSA) is 38.3 Å². The van der Waals surface area contributed by atoms with Crippen molar-refractivity contribution in [2.45, 2.75) is 39.8 Å². The van der Waals surface area contributed by atoms with Crippen molar-refractivity contribution >= 4 is 17.2 Å². The Morgan fingerprint density at radius 1 is 1.11 bits per heavy atom. The number of hydrogen-bond donors (Lipinski definition) is 1. The first-order valence-corrected chi connectivity index (χ1v) is 10.1. The summed E-state index contributed by atoms with van der Waals surface area (Å²) in [5, 5.41) is 5.12. The number of thiophene rings is 1. The second kappa shape index (κ2) is 8.87. The van der Waals surface area contributed by atoms with E-state index in [1.54, 1.807) is 0 Å². The fourth-order valence-corrected chi connectivity index (χ4v) is 3.75. The van der Waals surface area contributed by atoms with Crippen molar-refractivity contribution < 1.29 is 9.53 Å². The second-order valence-electron chi connectivity index (χ2n) is 6.65. The molecule has 3 aromatic rings. The molecule has 0 aliphatic carbocycles. The van der Waals surface area contributed by atoms with E-state index in [2.05, 4.69) is 32.2 Å². The number of ether oxygens (including phenoxy) is 1. The maximum Gasteiger partial charge on any atom is 0.261 e. The van der Waals surface area contributed by atoms with Crippen molar-refractivity contribution in [3.8, 4) is 5.75 Å². The summed E-state index contributed by atoms with van der Waals surface area (Å²) in [6.07, 6.45) is 0.851. The van der Waals surface area contributed by atoms with Crippen LogP contribution in [-0.2, 0) is 6.61 Å². The molecule has 0 aliphatic heterocycles. The minimum atomic E-state index is -0.0336. The number of carbonyl (C=O) groups is 1. The molecule has 1 amide bonds. The van der Waals surface area contributed by atoms with Crippen LogP contribution in [0.5, 0.6) is 5.75 Å². The molecule has 0 saturated carbocycles. The van der Waals surface area contributed by atoms with Gasteiger partial charge in [-0.15, -0.1) is 11.3 Å². The average Bonchev–Trinajstić information content (AvgIpc) is 3.17. The van der Waals surface area contributed by atoms with Crippen LogP contribution in [0.3, 0.4) is 0 Å². The van der Waals surface area contributed by atoms with Crippen LogP contribution < -0.4 is 10.1 Å². The number of nitrogens with one attached hydrogen (secondary N) is 1. The Morgan fingerprint density at radius 3 is 2.63 bits per heavy atom. The van der Waals surface area contributed by atoms with Gasteiger partial charge in [0, 0.05) is 5.56 Å². The van der Waals surface area contributed by atoms with E-state index in [9.17, 15) is 4.79 Å². The van der Waals surface area contributed by atoms with E-state index < -0.39 is 0 Å². The summed E-state index contributed by atoms with van der Waals surface area (Å²) in [4.78, 5) is 13.3. The lowest BCUT2D eigenvalue weighted by atomic mass is 10.0. The van der Waals surface area contributed by atoms with Crippen molar-refractivity contribution in [1.29, 1.82) is 0 Å². The second-order valence-corrected chi connectivity index (χ2v) is 7.56. The molecular weight excluding hydrogens is 354 g/mol. The molecule has 0 spiro atoms. The minimum absolute atomic E-state index is 0.0236. The highest BCUT2D eigenvalue weighted by atomic mass is 32.1. The van der Waals surface area contributed by atoms with Crippen LogP contribution in [-0.4, -0.2) is 5.91 Å². The zero-order valence-electron chi connectivity index (χ0n) is 16.0. The van der Waals surface area contributed by atoms with E-state index in [0.717, 1.165) is 28.9 Å². The number of benzene rings is 2. The van der Waals surface area contributed by atoms with Gasteiger partial charge in [-0.3, -0.25) is 4.79 Å². The van der Waals surface area contributed by atoms with Gasteiger partial charge in [0.1, 0.15) is 12.4 Å². The first kappa shape index (κ1) is 19.2. The molecule has 1 unspecified atom stereocenters.